The van der Waals surface area contributed by atoms with Crippen LogP contribution in [0.3, 0.4) is 0 Å². The van der Waals surface area contributed by atoms with Crippen LogP contribution in [-0.4, -0.2) is 35.7 Å². The van der Waals surface area contributed by atoms with E-state index in [9.17, 15) is 9.59 Å². The highest BCUT2D eigenvalue weighted by Gasteiger charge is 2.44. The number of nitrogens with zero attached hydrogens (tertiary/aromatic N) is 1. The molecule has 1 amide bonds. The first-order chi connectivity index (χ1) is 11.7. The van der Waals surface area contributed by atoms with Crippen LogP contribution < -0.4 is 0 Å². The second-order valence-electron chi connectivity index (χ2n) is 6.68. The fourth-order valence-electron chi connectivity index (χ4n) is 4.00. The van der Waals surface area contributed by atoms with E-state index in [1.165, 1.54) is 0 Å². The molecule has 0 spiro atoms. The Morgan fingerprint density at radius 3 is 2.38 bits per heavy atom. The normalized spacial score (nSPS) is 25.4. The van der Waals surface area contributed by atoms with Crippen LogP contribution in [0.15, 0.2) is 30.3 Å². The Bertz CT molecular complexity index is 560. The van der Waals surface area contributed by atoms with Crippen molar-refractivity contribution in [3.63, 3.8) is 0 Å². The minimum atomic E-state index is -0.221. The third-order valence-electron chi connectivity index (χ3n) is 5.01. The first kappa shape index (κ1) is 16.8. The van der Waals surface area contributed by atoms with Crippen molar-refractivity contribution in [2.75, 3.05) is 6.61 Å². The zero-order valence-electron chi connectivity index (χ0n) is 14.1. The van der Waals surface area contributed by atoms with Gasteiger partial charge >= 0.3 is 12.1 Å². The molecule has 5 heteroatoms. The zero-order chi connectivity index (χ0) is 16.9. The van der Waals surface area contributed by atoms with Crippen molar-refractivity contribution in [3.8, 4) is 0 Å². The average molecular weight is 331 g/mol. The second kappa shape index (κ2) is 7.69. The Hall–Kier alpha value is -2.04. The van der Waals surface area contributed by atoms with E-state index in [4.69, 9.17) is 9.47 Å². The van der Waals surface area contributed by atoms with E-state index in [0.717, 1.165) is 31.2 Å². The van der Waals surface area contributed by atoms with Crippen LogP contribution in [0.1, 0.15) is 44.6 Å². The molecule has 2 atom stereocenters. The smallest absolute Gasteiger partial charge is 0.410 e. The van der Waals surface area contributed by atoms with E-state index < -0.39 is 0 Å². The van der Waals surface area contributed by atoms with E-state index >= 15 is 0 Å². The molecule has 2 heterocycles. The van der Waals surface area contributed by atoms with E-state index in [0.29, 0.717) is 25.6 Å². The Kier molecular flexibility index (Phi) is 5.38. The topological polar surface area (TPSA) is 55.8 Å². The largest absolute Gasteiger partial charge is 0.466 e. The van der Waals surface area contributed by atoms with E-state index in [2.05, 4.69) is 0 Å². The lowest BCUT2D eigenvalue weighted by atomic mass is 9.88. The zero-order valence-corrected chi connectivity index (χ0v) is 14.1. The summed E-state index contributed by atoms with van der Waals surface area (Å²) in [5.74, 6) is 0.196. The van der Waals surface area contributed by atoms with Crippen molar-refractivity contribution >= 4 is 12.1 Å². The summed E-state index contributed by atoms with van der Waals surface area (Å²) in [6.07, 6.45) is 4.00. The molecular weight excluding hydrogens is 306 g/mol. The molecule has 1 aromatic carbocycles. The summed E-state index contributed by atoms with van der Waals surface area (Å²) in [7, 11) is 0. The lowest BCUT2D eigenvalue weighted by Crippen LogP contribution is -2.47. The number of fused-ring (bicyclic) bond motifs is 2. The van der Waals surface area contributed by atoms with Gasteiger partial charge in [-0.25, -0.2) is 4.79 Å². The van der Waals surface area contributed by atoms with Gasteiger partial charge in [-0.15, -0.1) is 0 Å². The van der Waals surface area contributed by atoms with Crippen LogP contribution >= 0.6 is 0 Å². The van der Waals surface area contributed by atoms with E-state index in [1.54, 1.807) is 0 Å². The van der Waals surface area contributed by atoms with Gasteiger partial charge in [-0.3, -0.25) is 4.79 Å². The summed E-state index contributed by atoms with van der Waals surface area (Å²) in [5, 5.41) is 0. The predicted octanol–water partition coefficient (Wildman–Crippen LogP) is 3.52. The molecule has 2 aliphatic rings. The minimum Gasteiger partial charge on any atom is -0.466 e. The van der Waals surface area contributed by atoms with Gasteiger partial charge in [-0.1, -0.05) is 30.3 Å². The highest BCUT2D eigenvalue weighted by Crippen LogP contribution is 2.40. The molecular formula is C19H25NO4. The molecule has 2 aliphatic heterocycles. The first-order valence-electron chi connectivity index (χ1n) is 8.82. The van der Waals surface area contributed by atoms with Crippen molar-refractivity contribution in [2.24, 2.45) is 5.92 Å². The highest BCUT2D eigenvalue weighted by atomic mass is 16.6. The summed E-state index contributed by atoms with van der Waals surface area (Å²) in [4.78, 5) is 26.1. The van der Waals surface area contributed by atoms with Crippen LogP contribution in [0, 0.1) is 5.92 Å². The molecule has 0 saturated carbocycles. The number of carbonyl (C=O) groups excluding carboxylic acids is 2. The molecule has 130 valence electrons. The number of rotatable bonds is 5. The van der Waals surface area contributed by atoms with E-state index in [-0.39, 0.29) is 24.1 Å². The molecule has 0 aliphatic carbocycles. The lowest BCUT2D eigenvalue weighted by Gasteiger charge is -2.37. The van der Waals surface area contributed by atoms with Gasteiger partial charge < -0.3 is 14.4 Å². The summed E-state index contributed by atoms with van der Waals surface area (Å²) in [5.41, 5.74) is 0.996. The maximum atomic E-state index is 12.5. The third kappa shape index (κ3) is 3.89. The molecule has 1 aromatic rings. The van der Waals surface area contributed by atoms with Gasteiger partial charge in [-0.05, 0) is 44.1 Å². The number of carbonyl (C=O) groups is 2. The van der Waals surface area contributed by atoms with Crippen LogP contribution in [0.5, 0.6) is 0 Å². The number of amides is 1. The van der Waals surface area contributed by atoms with Crippen LogP contribution in [0.2, 0.25) is 0 Å². The van der Waals surface area contributed by atoms with Gasteiger partial charge in [0.1, 0.15) is 6.61 Å². The van der Waals surface area contributed by atoms with Crippen LogP contribution in [0.4, 0.5) is 4.79 Å². The SMILES string of the molecule is CCOC(=O)CC1CC2CCC(C1)N2C(=O)OCc1ccccc1. The van der Waals surface area contributed by atoms with Crippen molar-refractivity contribution in [3.05, 3.63) is 35.9 Å². The molecule has 2 unspecified atom stereocenters. The predicted molar refractivity (Wildman–Crippen MR) is 89.3 cm³/mol. The van der Waals surface area contributed by atoms with E-state index in [1.807, 2.05) is 42.2 Å². The second-order valence-corrected chi connectivity index (χ2v) is 6.68. The summed E-state index contributed by atoms with van der Waals surface area (Å²) >= 11 is 0. The number of hydrogen-bond acceptors (Lipinski definition) is 4. The number of esters is 1. The van der Waals surface area contributed by atoms with Crippen molar-refractivity contribution in [1.29, 1.82) is 0 Å². The van der Waals surface area contributed by atoms with Gasteiger partial charge in [0.2, 0.25) is 0 Å². The van der Waals surface area contributed by atoms with Gasteiger partial charge in [-0.2, -0.15) is 0 Å². The molecule has 0 aromatic heterocycles. The lowest BCUT2D eigenvalue weighted by molar-refractivity contribution is -0.144. The highest BCUT2D eigenvalue weighted by molar-refractivity contribution is 5.71. The van der Waals surface area contributed by atoms with Crippen molar-refractivity contribution in [2.45, 2.75) is 57.7 Å². The number of benzene rings is 1. The fraction of sp³-hybridized carbons (Fsp3) is 0.579. The molecule has 3 rings (SSSR count). The number of ether oxygens (including phenoxy) is 2. The van der Waals surface area contributed by atoms with Crippen LogP contribution in [0.25, 0.3) is 0 Å². The summed E-state index contributed by atoms with van der Waals surface area (Å²) < 4.78 is 10.6. The van der Waals surface area contributed by atoms with Gasteiger partial charge in [0.15, 0.2) is 0 Å². The van der Waals surface area contributed by atoms with Crippen LogP contribution in [-0.2, 0) is 20.9 Å². The maximum absolute atomic E-state index is 12.5. The van der Waals surface area contributed by atoms with Crippen molar-refractivity contribution in [1.82, 2.24) is 4.90 Å². The quantitative estimate of drug-likeness (QED) is 0.775. The Morgan fingerprint density at radius 1 is 1.08 bits per heavy atom. The number of piperidine rings is 1. The molecule has 2 bridgehead atoms. The number of hydrogen-bond donors (Lipinski definition) is 0. The Labute approximate surface area is 142 Å². The molecule has 0 N–H and O–H groups in total. The van der Waals surface area contributed by atoms with Crippen molar-refractivity contribution < 1.29 is 19.1 Å². The average Bonchev–Trinajstić information content (AvgIpc) is 2.85. The van der Waals surface area contributed by atoms with Gasteiger partial charge in [0.25, 0.3) is 0 Å². The maximum Gasteiger partial charge on any atom is 0.410 e. The standard InChI is InChI=1S/C19H25NO4/c1-2-23-18(21)12-15-10-16-8-9-17(11-15)20(16)19(22)24-13-14-6-4-3-5-7-14/h3-7,15-17H,2,8-13H2,1H3. The Balaban J connectivity index is 1.53. The van der Waals surface area contributed by atoms with Gasteiger partial charge in [0, 0.05) is 18.5 Å². The molecule has 2 saturated heterocycles. The summed E-state index contributed by atoms with van der Waals surface area (Å²) in [6, 6.07) is 10.1. The third-order valence-corrected chi connectivity index (χ3v) is 5.01. The first-order valence-corrected chi connectivity index (χ1v) is 8.82. The van der Waals surface area contributed by atoms with Gasteiger partial charge in [0.05, 0.1) is 6.61 Å². The summed E-state index contributed by atoms with van der Waals surface area (Å²) in [6.45, 7) is 2.56. The molecule has 5 nitrogen and oxygen atoms in total. The molecule has 24 heavy (non-hydrogen) atoms. The monoisotopic (exact) mass is 331 g/mol. The fourth-order valence-corrected chi connectivity index (χ4v) is 4.00. The Morgan fingerprint density at radius 2 is 1.75 bits per heavy atom. The minimum absolute atomic E-state index is 0.123. The molecule has 0 radical (unpaired) electrons. The molecule has 2 fully saturated rings.